The van der Waals surface area contributed by atoms with Crippen LogP contribution in [0.3, 0.4) is 0 Å². The van der Waals surface area contributed by atoms with Crippen LogP contribution in [-0.4, -0.2) is 37.1 Å². The van der Waals surface area contributed by atoms with E-state index in [1.807, 2.05) is 19.1 Å². The van der Waals surface area contributed by atoms with E-state index in [1.54, 1.807) is 30.6 Å². The van der Waals surface area contributed by atoms with Crippen molar-refractivity contribution in [3.8, 4) is 11.5 Å². The van der Waals surface area contributed by atoms with Gasteiger partial charge >= 0.3 is 5.97 Å². The number of hydrogen-bond donors (Lipinski definition) is 1. The largest absolute Gasteiger partial charge is 0.490 e. The second-order valence-electron chi connectivity index (χ2n) is 6.39. The molecule has 29 heavy (non-hydrogen) atoms. The second kappa shape index (κ2) is 12.4. The minimum Gasteiger partial charge on any atom is -0.490 e. The fourth-order valence-corrected chi connectivity index (χ4v) is 2.66. The first-order valence-electron chi connectivity index (χ1n) is 9.77. The molecule has 1 aromatic carbocycles. The van der Waals surface area contributed by atoms with Crippen LogP contribution in [0.15, 0.2) is 42.7 Å². The summed E-state index contributed by atoms with van der Waals surface area (Å²) < 4.78 is 16.1. The number of carbonyl (C=O) groups is 2. The molecule has 1 amide bonds. The predicted molar refractivity (Wildman–Crippen MR) is 109 cm³/mol. The Hall–Kier alpha value is -3.09. The van der Waals surface area contributed by atoms with Crippen LogP contribution in [0, 0.1) is 0 Å². The zero-order valence-electron chi connectivity index (χ0n) is 17.0. The Morgan fingerprint density at radius 3 is 2.66 bits per heavy atom. The van der Waals surface area contributed by atoms with Gasteiger partial charge in [0, 0.05) is 36.5 Å². The third-order valence-electron chi connectivity index (χ3n) is 4.19. The van der Waals surface area contributed by atoms with E-state index in [0.717, 1.165) is 24.8 Å². The van der Waals surface area contributed by atoms with Gasteiger partial charge in [-0.05, 0) is 44.0 Å². The molecule has 1 N–H and O–H groups in total. The van der Waals surface area contributed by atoms with E-state index < -0.39 is 0 Å². The molecule has 1 aromatic heterocycles. The summed E-state index contributed by atoms with van der Waals surface area (Å²) in [4.78, 5) is 27.5. The standard InChI is InChI=1S/C22H28N2O5/c1-3-28-20-14-18(22(26)24-13-6-4-5-9-21(25)27-2)10-11-19(20)29-16-17-8-7-12-23-15-17/h7-8,10-12,14-15H,3-6,9,13,16H2,1-2H3,(H,24,26). The van der Waals surface area contributed by atoms with Crippen LogP contribution < -0.4 is 14.8 Å². The SMILES string of the molecule is CCOc1cc(C(=O)NCCCCCC(=O)OC)ccc1OCc1cccnc1. The fourth-order valence-electron chi connectivity index (χ4n) is 2.66. The highest BCUT2D eigenvalue weighted by Gasteiger charge is 2.12. The molecule has 0 unspecified atom stereocenters. The van der Waals surface area contributed by atoms with Gasteiger partial charge in [-0.15, -0.1) is 0 Å². The lowest BCUT2D eigenvalue weighted by molar-refractivity contribution is -0.140. The highest BCUT2D eigenvalue weighted by molar-refractivity contribution is 5.94. The van der Waals surface area contributed by atoms with Crippen molar-refractivity contribution in [2.45, 2.75) is 39.2 Å². The maximum Gasteiger partial charge on any atom is 0.305 e. The predicted octanol–water partition coefficient (Wildman–Crippen LogP) is 3.52. The van der Waals surface area contributed by atoms with Crippen molar-refractivity contribution in [1.82, 2.24) is 10.3 Å². The Morgan fingerprint density at radius 2 is 1.93 bits per heavy atom. The third-order valence-corrected chi connectivity index (χ3v) is 4.19. The number of nitrogens with one attached hydrogen (secondary N) is 1. The first-order valence-corrected chi connectivity index (χ1v) is 9.77. The number of rotatable bonds is 12. The van der Waals surface area contributed by atoms with Crippen LogP contribution >= 0.6 is 0 Å². The Labute approximate surface area is 171 Å². The smallest absolute Gasteiger partial charge is 0.305 e. The molecule has 0 saturated heterocycles. The normalized spacial score (nSPS) is 10.3. The first-order chi connectivity index (χ1) is 14.1. The first kappa shape index (κ1) is 22.2. The Morgan fingerprint density at radius 1 is 1.07 bits per heavy atom. The third kappa shape index (κ3) is 7.81. The van der Waals surface area contributed by atoms with Gasteiger partial charge in [-0.2, -0.15) is 0 Å². The Balaban J connectivity index is 1.85. The van der Waals surface area contributed by atoms with E-state index >= 15 is 0 Å². The monoisotopic (exact) mass is 400 g/mol. The molecule has 7 heteroatoms. The number of aromatic nitrogens is 1. The van der Waals surface area contributed by atoms with Gasteiger partial charge in [0.15, 0.2) is 11.5 Å². The van der Waals surface area contributed by atoms with Gasteiger partial charge < -0.3 is 19.5 Å². The number of ether oxygens (including phenoxy) is 3. The van der Waals surface area contributed by atoms with E-state index in [2.05, 4.69) is 15.0 Å². The van der Waals surface area contributed by atoms with Crippen molar-refractivity contribution in [2.75, 3.05) is 20.3 Å². The molecule has 0 spiro atoms. The minimum absolute atomic E-state index is 0.169. The molecular weight excluding hydrogens is 372 g/mol. The summed E-state index contributed by atoms with van der Waals surface area (Å²) in [6.45, 7) is 3.26. The van der Waals surface area contributed by atoms with E-state index in [9.17, 15) is 9.59 Å². The Bertz CT molecular complexity index is 780. The lowest BCUT2D eigenvalue weighted by atomic mass is 10.1. The maximum atomic E-state index is 12.4. The lowest BCUT2D eigenvalue weighted by Crippen LogP contribution is -2.24. The van der Waals surface area contributed by atoms with Gasteiger partial charge in [0.1, 0.15) is 6.61 Å². The highest BCUT2D eigenvalue weighted by Crippen LogP contribution is 2.29. The average molecular weight is 400 g/mol. The zero-order valence-corrected chi connectivity index (χ0v) is 17.0. The molecule has 1 heterocycles. The number of nitrogens with zero attached hydrogens (tertiary/aromatic N) is 1. The summed E-state index contributed by atoms with van der Waals surface area (Å²) in [6, 6.07) is 8.93. The molecule has 0 saturated carbocycles. The number of unbranched alkanes of at least 4 members (excludes halogenated alkanes) is 2. The van der Waals surface area contributed by atoms with Crippen molar-refractivity contribution in [1.29, 1.82) is 0 Å². The number of hydrogen-bond acceptors (Lipinski definition) is 6. The second-order valence-corrected chi connectivity index (χ2v) is 6.39. The molecule has 156 valence electrons. The number of pyridine rings is 1. The van der Waals surface area contributed by atoms with E-state index in [4.69, 9.17) is 9.47 Å². The zero-order chi connectivity index (χ0) is 20.9. The van der Waals surface area contributed by atoms with Crippen LogP contribution in [-0.2, 0) is 16.1 Å². The van der Waals surface area contributed by atoms with Crippen molar-refractivity contribution in [3.05, 3.63) is 53.9 Å². The van der Waals surface area contributed by atoms with Crippen LogP contribution in [0.5, 0.6) is 11.5 Å². The maximum absolute atomic E-state index is 12.4. The van der Waals surface area contributed by atoms with Crippen molar-refractivity contribution >= 4 is 11.9 Å². The number of carbonyl (C=O) groups excluding carboxylic acids is 2. The quantitative estimate of drug-likeness (QED) is 0.433. The van der Waals surface area contributed by atoms with Crippen LogP contribution in [0.1, 0.15) is 48.5 Å². The van der Waals surface area contributed by atoms with Gasteiger partial charge in [-0.3, -0.25) is 14.6 Å². The molecular formula is C22H28N2O5. The van der Waals surface area contributed by atoms with Gasteiger partial charge in [0.25, 0.3) is 5.91 Å². The summed E-state index contributed by atoms with van der Waals surface area (Å²) in [5.41, 5.74) is 1.46. The van der Waals surface area contributed by atoms with Gasteiger partial charge in [0.2, 0.25) is 0 Å². The van der Waals surface area contributed by atoms with Crippen LogP contribution in [0.25, 0.3) is 0 Å². The molecule has 0 aliphatic carbocycles. The fraction of sp³-hybridized carbons (Fsp3) is 0.409. The van der Waals surface area contributed by atoms with Crippen molar-refractivity contribution in [3.63, 3.8) is 0 Å². The molecule has 0 atom stereocenters. The molecule has 0 aliphatic rings. The van der Waals surface area contributed by atoms with E-state index in [1.165, 1.54) is 7.11 Å². The van der Waals surface area contributed by atoms with Gasteiger partial charge in [0.05, 0.1) is 13.7 Å². The topological polar surface area (TPSA) is 86.8 Å². The summed E-state index contributed by atoms with van der Waals surface area (Å²) in [7, 11) is 1.38. The van der Waals surface area contributed by atoms with Crippen LogP contribution in [0.4, 0.5) is 0 Å². The summed E-state index contributed by atoms with van der Waals surface area (Å²) in [5.74, 6) is 0.734. The molecule has 0 fully saturated rings. The van der Waals surface area contributed by atoms with Gasteiger partial charge in [-0.25, -0.2) is 0 Å². The lowest BCUT2D eigenvalue weighted by Gasteiger charge is -2.13. The number of amides is 1. The number of methoxy groups -OCH3 is 1. The summed E-state index contributed by atoms with van der Waals surface area (Å²) in [5, 5.41) is 2.89. The highest BCUT2D eigenvalue weighted by atomic mass is 16.5. The van der Waals surface area contributed by atoms with E-state index in [-0.39, 0.29) is 11.9 Å². The minimum atomic E-state index is -0.205. The summed E-state index contributed by atoms with van der Waals surface area (Å²) in [6.07, 6.45) is 6.26. The molecule has 0 radical (unpaired) electrons. The molecule has 0 bridgehead atoms. The summed E-state index contributed by atoms with van der Waals surface area (Å²) >= 11 is 0. The molecule has 0 aliphatic heterocycles. The van der Waals surface area contributed by atoms with Gasteiger partial charge in [-0.1, -0.05) is 12.5 Å². The molecule has 2 rings (SSSR count). The van der Waals surface area contributed by atoms with Crippen LogP contribution in [0.2, 0.25) is 0 Å². The Kier molecular flexibility index (Phi) is 9.48. The van der Waals surface area contributed by atoms with Crippen molar-refractivity contribution < 1.29 is 23.8 Å². The molecule has 7 nitrogen and oxygen atoms in total. The van der Waals surface area contributed by atoms with E-state index in [0.29, 0.717) is 43.2 Å². The number of benzene rings is 1. The number of esters is 1. The van der Waals surface area contributed by atoms with Crippen molar-refractivity contribution in [2.24, 2.45) is 0 Å². The average Bonchev–Trinajstić information content (AvgIpc) is 2.75. The molecule has 2 aromatic rings.